The molecule has 0 heterocycles. The van der Waals surface area contributed by atoms with E-state index in [1.54, 1.807) is 19.1 Å². The molecule has 0 bridgehead atoms. The molecule has 0 spiro atoms. The minimum atomic E-state index is -3.89. The molecule has 4 nitrogen and oxygen atoms in total. The van der Waals surface area contributed by atoms with Gasteiger partial charge in [-0.15, -0.1) is 0 Å². The van der Waals surface area contributed by atoms with Crippen molar-refractivity contribution in [1.82, 2.24) is 0 Å². The van der Waals surface area contributed by atoms with Gasteiger partial charge in [-0.2, -0.15) is 5.26 Å². The lowest BCUT2D eigenvalue weighted by Gasteiger charge is -2.10. The van der Waals surface area contributed by atoms with Crippen LogP contribution in [0.1, 0.15) is 11.1 Å². The van der Waals surface area contributed by atoms with Crippen LogP contribution in [-0.2, 0) is 10.0 Å². The molecule has 108 valence electrons. The third kappa shape index (κ3) is 3.40. The molecular formula is C14H10BrFN2O2S. The van der Waals surface area contributed by atoms with Crippen LogP contribution in [0.15, 0.2) is 45.8 Å². The highest BCUT2D eigenvalue weighted by molar-refractivity contribution is 9.10. The quantitative estimate of drug-likeness (QED) is 0.899. The Morgan fingerprint density at radius 1 is 1.24 bits per heavy atom. The second kappa shape index (κ2) is 5.84. The Morgan fingerprint density at radius 2 is 1.95 bits per heavy atom. The van der Waals surface area contributed by atoms with Crippen LogP contribution in [0, 0.1) is 24.1 Å². The fourth-order valence-electron chi connectivity index (χ4n) is 1.66. The van der Waals surface area contributed by atoms with Crippen molar-refractivity contribution in [2.75, 3.05) is 4.72 Å². The third-order valence-corrected chi connectivity index (χ3v) is 5.04. The van der Waals surface area contributed by atoms with E-state index >= 15 is 0 Å². The van der Waals surface area contributed by atoms with E-state index in [4.69, 9.17) is 5.26 Å². The predicted molar refractivity (Wildman–Crippen MR) is 80.8 cm³/mol. The first-order valence-corrected chi connectivity index (χ1v) is 8.10. The summed E-state index contributed by atoms with van der Waals surface area (Å²) in [6, 6.07) is 9.83. The fraction of sp³-hybridized carbons (Fsp3) is 0.0714. The lowest BCUT2D eigenvalue weighted by molar-refractivity contribution is 0.598. The maximum Gasteiger partial charge on any atom is 0.261 e. The molecule has 0 atom stereocenters. The molecule has 0 amide bonds. The number of rotatable bonds is 3. The lowest BCUT2D eigenvalue weighted by Crippen LogP contribution is -2.14. The smallest absolute Gasteiger partial charge is 0.261 e. The van der Waals surface area contributed by atoms with Gasteiger partial charge in [0.05, 0.1) is 22.2 Å². The zero-order chi connectivity index (χ0) is 15.6. The van der Waals surface area contributed by atoms with Crippen molar-refractivity contribution in [3.05, 3.63) is 57.8 Å². The molecule has 7 heteroatoms. The highest BCUT2D eigenvalue weighted by Gasteiger charge is 2.17. The lowest BCUT2D eigenvalue weighted by atomic mass is 10.2. The second-order valence-corrected chi connectivity index (χ2v) is 6.86. The fourth-order valence-corrected chi connectivity index (χ4v) is 3.05. The largest absolute Gasteiger partial charge is 0.277 e. The monoisotopic (exact) mass is 368 g/mol. The number of hydrogen-bond donors (Lipinski definition) is 1. The van der Waals surface area contributed by atoms with Crippen molar-refractivity contribution in [2.24, 2.45) is 0 Å². The maximum atomic E-state index is 13.7. The molecule has 0 aliphatic heterocycles. The summed E-state index contributed by atoms with van der Waals surface area (Å²) in [4.78, 5) is 0.0342. The minimum Gasteiger partial charge on any atom is -0.277 e. The highest BCUT2D eigenvalue weighted by atomic mass is 79.9. The van der Waals surface area contributed by atoms with E-state index in [-0.39, 0.29) is 16.1 Å². The summed E-state index contributed by atoms with van der Waals surface area (Å²) < 4.78 is 41.1. The molecule has 21 heavy (non-hydrogen) atoms. The van der Waals surface area contributed by atoms with E-state index in [0.29, 0.717) is 0 Å². The number of hydrogen-bond acceptors (Lipinski definition) is 3. The molecule has 0 saturated heterocycles. The summed E-state index contributed by atoms with van der Waals surface area (Å²) >= 11 is 3.28. The number of nitriles is 1. The van der Waals surface area contributed by atoms with Crippen molar-refractivity contribution >= 4 is 31.6 Å². The van der Waals surface area contributed by atoms with Gasteiger partial charge in [-0.25, -0.2) is 12.8 Å². The van der Waals surface area contributed by atoms with E-state index in [1.807, 2.05) is 0 Å². The summed E-state index contributed by atoms with van der Waals surface area (Å²) in [5.41, 5.74) is 0.669. The second-order valence-electron chi connectivity index (χ2n) is 4.32. The summed E-state index contributed by atoms with van der Waals surface area (Å²) in [6.45, 7) is 1.76. The van der Waals surface area contributed by atoms with Gasteiger partial charge in [-0.05, 0) is 48.9 Å². The van der Waals surface area contributed by atoms with Crippen LogP contribution in [0.4, 0.5) is 10.1 Å². The summed E-state index contributed by atoms with van der Waals surface area (Å²) in [7, 11) is -3.89. The molecule has 2 aromatic carbocycles. The topological polar surface area (TPSA) is 70.0 Å². The first kappa shape index (κ1) is 15.5. The van der Waals surface area contributed by atoms with Crippen molar-refractivity contribution in [2.45, 2.75) is 11.8 Å². The molecule has 0 radical (unpaired) electrons. The number of aryl methyl sites for hydroxylation is 1. The van der Waals surface area contributed by atoms with Gasteiger partial charge in [0.2, 0.25) is 0 Å². The Hall–Kier alpha value is -1.91. The number of nitrogens with zero attached hydrogens (tertiary/aromatic N) is 1. The third-order valence-electron chi connectivity index (χ3n) is 2.78. The maximum absolute atomic E-state index is 13.7. The van der Waals surface area contributed by atoms with Gasteiger partial charge in [-0.1, -0.05) is 15.9 Å². The van der Waals surface area contributed by atoms with Crippen LogP contribution in [0.25, 0.3) is 0 Å². The highest BCUT2D eigenvalue weighted by Crippen LogP contribution is 2.23. The molecule has 0 aliphatic carbocycles. The average molecular weight is 369 g/mol. The number of benzene rings is 2. The van der Waals surface area contributed by atoms with Gasteiger partial charge < -0.3 is 0 Å². The van der Waals surface area contributed by atoms with Crippen LogP contribution in [0.5, 0.6) is 0 Å². The molecule has 2 aromatic rings. The van der Waals surface area contributed by atoms with Crippen LogP contribution in [0.2, 0.25) is 0 Å². The standard InChI is InChI=1S/C14H10BrFN2O2S/c1-9-6-11(3-4-12(9)15)21(19,20)18-14-5-2-10(8-17)7-13(14)16/h2-7,18H,1H3. The number of sulfonamides is 1. The van der Waals surface area contributed by atoms with Crippen LogP contribution in [0.3, 0.4) is 0 Å². The van der Waals surface area contributed by atoms with E-state index in [1.165, 1.54) is 24.3 Å². The van der Waals surface area contributed by atoms with Crippen molar-refractivity contribution < 1.29 is 12.8 Å². The summed E-state index contributed by atoms with van der Waals surface area (Å²) in [5, 5.41) is 8.66. The Labute approximate surface area is 130 Å². The number of anilines is 1. The van der Waals surface area contributed by atoms with Crippen LogP contribution >= 0.6 is 15.9 Å². The Morgan fingerprint density at radius 3 is 2.52 bits per heavy atom. The Balaban J connectivity index is 2.37. The zero-order valence-corrected chi connectivity index (χ0v) is 13.3. The minimum absolute atomic E-state index is 0.0342. The Bertz CT molecular complexity index is 845. The average Bonchev–Trinajstić information content (AvgIpc) is 2.43. The van der Waals surface area contributed by atoms with Gasteiger partial charge in [-0.3, -0.25) is 4.72 Å². The van der Waals surface area contributed by atoms with Crippen molar-refractivity contribution in [1.29, 1.82) is 5.26 Å². The molecule has 0 saturated carbocycles. The molecule has 0 unspecified atom stereocenters. The first-order valence-electron chi connectivity index (χ1n) is 5.82. The first-order chi connectivity index (χ1) is 9.83. The van der Waals surface area contributed by atoms with Crippen molar-refractivity contribution in [3.8, 4) is 6.07 Å². The normalized spacial score (nSPS) is 11.0. The molecule has 1 N–H and O–H groups in total. The number of nitrogens with one attached hydrogen (secondary N) is 1. The van der Waals surface area contributed by atoms with E-state index in [0.717, 1.165) is 16.1 Å². The molecular weight excluding hydrogens is 359 g/mol. The summed E-state index contributed by atoms with van der Waals surface area (Å²) in [5.74, 6) is -0.800. The van der Waals surface area contributed by atoms with E-state index in [2.05, 4.69) is 20.7 Å². The Kier molecular flexibility index (Phi) is 4.30. The van der Waals surface area contributed by atoms with Gasteiger partial charge in [0.1, 0.15) is 5.82 Å². The molecule has 0 aliphatic rings. The van der Waals surface area contributed by atoms with Crippen LogP contribution < -0.4 is 4.72 Å². The van der Waals surface area contributed by atoms with Gasteiger partial charge >= 0.3 is 0 Å². The number of halogens is 2. The van der Waals surface area contributed by atoms with Gasteiger partial charge in [0.25, 0.3) is 10.0 Å². The molecule has 2 rings (SSSR count). The van der Waals surface area contributed by atoms with Crippen molar-refractivity contribution in [3.63, 3.8) is 0 Å². The molecule has 0 fully saturated rings. The predicted octanol–water partition coefficient (Wildman–Crippen LogP) is 3.57. The zero-order valence-electron chi connectivity index (χ0n) is 10.9. The van der Waals surface area contributed by atoms with Gasteiger partial charge in [0, 0.05) is 4.47 Å². The summed E-state index contributed by atoms with van der Waals surface area (Å²) in [6.07, 6.45) is 0. The van der Waals surface area contributed by atoms with E-state index in [9.17, 15) is 12.8 Å². The molecule has 0 aromatic heterocycles. The van der Waals surface area contributed by atoms with Crippen LogP contribution in [-0.4, -0.2) is 8.42 Å². The SMILES string of the molecule is Cc1cc(S(=O)(=O)Nc2ccc(C#N)cc2F)ccc1Br. The van der Waals surface area contributed by atoms with Gasteiger partial charge in [0.15, 0.2) is 0 Å². The van der Waals surface area contributed by atoms with E-state index < -0.39 is 15.8 Å².